The van der Waals surface area contributed by atoms with Crippen LogP contribution in [0.4, 0.5) is 0 Å². The van der Waals surface area contributed by atoms with Crippen LogP contribution in [-0.2, 0) is 6.42 Å². The Labute approximate surface area is 88.7 Å². The number of aliphatic hydroxyl groups is 1. The van der Waals surface area contributed by atoms with E-state index in [0.717, 1.165) is 5.56 Å². The maximum Gasteiger partial charge on any atom is 0.235 e. The average Bonchev–Trinajstić information content (AvgIpc) is 2.26. The second kappa shape index (κ2) is 5.46. The van der Waals surface area contributed by atoms with Crippen LogP contribution in [0, 0.1) is 10.1 Å². The van der Waals surface area contributed by atoms with Crippen molar-refractivity contribution in [3.05, 3.63) is 46.0 Å². The molecule has 0 heterocycles. The fourth-order valence-corrected chi connectivity index (χ4v) is 1.34. The third kappa shape index (κ3) is 3.67. The predicted molar refractivity (Wildman–Crippen MR) is 57.2 cm³/mol. The molecule has 0 aliphatic rings. The molecule has 4 heteroatoms. The number of nitro groups is 1. The lowest BCUT2D eigenvalue weighted by atomic mass is 10.0. The van der Waals surface area contributed by atoms with Gasteiger partial charge in [-0.1, -0.05) is 30.3 Å². The molecule has 0 saturated carbocycles. The number of benzene rings is 1. The van der Waals surface area contributed by atoms with Crippen molar-refractivity contribution in [1.82, 2.24) is 0 Å². The molecule has 4 nitrogen and oxygen atoms in total. The van der Waals surface area contributed by atoms with Crippen LogP contribution in [-0.4, -0.2) is 22.2 Å². The van der Waals surface area contributed by atoms with Crippen LogP contribution in [0.1, 0.15) is 18.9 Å². The number of hydrogen-bond donors (Lipinski definition) is 1. The topological polar surface area (TPSA) is 63.4 Å². The van der Waals surface area contributed by atoms with E-state index in [2.05, 4.69) is 0 Å². The molecular weight excluding hydrogens is 194 g/mol. The van der Waals surface area contributed by atoms with Crippen molar-refractivity contribution in [3.63, 3.8) is 0 Å². The number of rotatable bonds is 5. The fraction of sp³-hybridized carbons (Fsp3) is 0.455. The molecule has 1 N–H and O–H groups in total. The highest BCUT2D eigenvalue weighted by atomic mass is 16.6. The van der Waals surface area contributed by atoms with E-state index in [1.54, 1.807) is 0 Å². The summed E-state index contributed by atoms with van der Waals surface area (Å²) in [5, 5.41) is 19.9. The van der Waals surface area contributed by atoms with Crippen LogP contribution < -0.4 is 0 Å². The number of nitrogens with zero attached hydrogens (tertiary/aromatic N) is 1. The zero-order valence-electron chi connectivity index (χ0n) is 8.67. The molecule has 0 bridgehead atoms. The molecule has 0 fully saturated rings. The highest BCUT2D eigenvalue weighted by molar-refractivity contribution is 5.14. The van der Waals surface area contributed by atoms with Gasteiger partial charge in [0, 0.05) is 11.8 Å². The first-order chi connectivity index (χ1) is 7.11. The predicted octanol–water partition coefficient (Wildman–Crippen LogP) is 1.65. The Hall–Kier alpha value is -1.42. The Bertz CT molecular complexity index is 313. The number of aliphatic hydroxyl groups excluding tert-OH is 1. The SMILES string of the molecule is CC([C@@H](O)CCc1ccccc1)[N+](=O)[O-]. The van der Waals surface area contributed by atoms with E-state index in [4.69, 9.17) is 0 Å². The molecule has 1 aromatic rings. The van der Waals surface area contributed by atoms with Crippen LogP contribution in [0.25, 0.3) is 0 Å². The minimum Gasteiger partial charge on any atom is -0.386 e. The molecule has 0 amide bonds. The van der Waals surface area contributed by atoms with Gasteiger partial charge in [-0.15, -0.1) is 0 Å². The molecule has 1 unspecified atom stereocenters. The van der Waals surface area contributed by atoms with E-state index in [0.29, 0.717) is 12.8 Å². The highest BCUT2D eigenvalue weighted by Gasteiger charge is 2.23. The van der Waals surface area contributed by atoms with Gasteiger partial charge in [0.05, 0.1) is 0 Å². The van der Waals surface area contributed by atoms with Crippen molar-refractivity contribution >= 4 is 0 Å². The molecule has 2 atom stereocenters. The molecule has 0 aliphatic heterocycles. The van der Waals surface area contributed by atoms with Crippen LogP contribution in [0.5, 0.6) is 0 Å². The van der Waals surface area contributed by atoms with Crippen molar-refractivity contribution < 1.29 is 10.0 Å². The molecule has 0 saturated heterocycles. The zero-order chi connectivity index (χ0) is 11.3. The lowest BCUT2D eigenvalue weighted by molar-refractivity contribution is -0.529. The van der Waals surface area contributed by atoms with E-state index in [-0.39, 0.29) is 0 Å². The number of aryl methyl sites for hydroxylation is 1. The molecule has 0 aliphatic carbocycles. The second-order valence-electron chi connectivity index (χ2n) is 3.62. The Morgan fingerprint density at radius 3 is 2.53 bits per heavy atom. The summed E-state index contributed by atoms with van der Waals surface area (Å²) < 4.78 is 0. The number of hydrogen-bond acceptors (Lipinski definition) is 3. The van der Waals surface area contributed by atoms with Crippen LogP contribution >= 0.6 is 0 Å². The Morgan fingerprint density at radius 2 is 2.00 bits per heavy atom. The second-order valence-corrected chi connectivity index (χ2v) is 3.62. The van der Waals surface area contributed by atoms with Gasteiger partial charge >= 0.3 is 0 Å². The summed E-state index contributed by atoms with van der Waals surface area (Å²) in [5.74, 6) is 0. The van der Waals surface area contributed by atoms with Crippen molar-refractivity contribution in [3.8, 4) is 0 Å². The summed E-state index contributed by atoms with van der Waals surface area (Å²) in [5.41, 5.74) is 1.09. The summed E-state index contributed by atoms with van der Waals surface area (Å²) >= 11 is 0. The van der Waals surface area contributed by atoms with E-state index >= 15 is 0 Å². The minimum absolute atomic E-state index is 0.423. The lowest BCUT2D eigenvalue weighted by Crippen LogP contribution is -2.30. The normalized spacial score (nSPS) is 14.5. The van der Waals surface area contributed by atoms with Crippen molar-refractivity contribution in [2.75, 3.05) is 0 Å². The Balaban J connectivity index is 2.41. The largest absolute Gasteiger partial charge is 0.386 e. The average molecular weight is 209 g/mol. The van der Waals surface area contributed by atoms with Crippen molar-refractivity contribution in [2.45, 2.75) is 31.9 Å². The van der Waals surface area contributed by atoms with Gasteiger partial charge in [-0.2, -0.15) is 0 Å². The highest BCUT2D eigenvalue weighted by Crippen LogP contribution is 2.08. The smallest absolute Gasteiger partial charge is 0.235 e. The van der Waals surface area contributed by atoms with Crippen LogP contribution in [0.2, 0.25) is 0 Å². The fourth-order valence-electron chi connectivity index (χ4n) is 1.34. The minimum atomic E-state index is -0.895. The molecule has 0 radical (unpaired) electrons. The summed E-state index contributed by atoms with van der Waals surface area (Å²) in [6.45, 7) is 1.43. The molecular formula is C11H15NO3. The van der Waals surface area contributed by atoms with Gasteiger partial charge in [0.15, 0.2) is 0 Å². The van der Waals surface area contributed by atoms with E-state index in [9.17, 15) is 15.2 Å². The van der Waals surface area contributed by atoms with Gasteiger partial charge in [0.2, 0.25) is 6.04 Å². The standard InChI is InChI=1S/C11H15NO3/c1-9(12(14)15)11(13)8-7-10-5-3-2-4-6-10/h2-6,9,11,13H,7-8H2,1H3/t9?,11-/m0/s1. The third-order valence-corrected chi connectivity index (χ3v) is 2.46. The monoisotopic (exact) mass is 209 g/mol. The van der Waals surface area contributed by atoms with Crippen LogP contribution in [0.15, 0.2) is 30.3 Å². The van der Waals surface area contributed by atoms with Crippen molar-refractivity contribution in [2.24, 2.45) is 0 Å². The van der Waals surface area contributed by atoms with Crippen LogP contribution in [0.3, 0.4) is 0 Å². The van der Waals surface area contributed by atoms with Gasteiger partial charge in [0.1, 0.15) is 6.10 Å². The first-order valence-corrected chi connectivity index (χ1v) is 4.96. The third-order valence-electron chi connectivity index (χ3n) is 2.46. The van der Waals surface area contributed by atoms with E-state index in [1.807, 2.05) is 30.3 Å². The Morgan fingerprint density at radius 1 is 1.40 bits per heavy atom. The maximum atomic E-state index is 10.4. The summed E-state index contributed by atoms with van der Waals surface area (Å²) in [6, 6.07) is 8.75. The molecule has 0 spiro atoms. The Kier molecular flexibility index (Phi) is 4.24. The van der Waals surface area contributed by atoms with Crippen molar-refractivity contribution in [1.29, 1.82) is 0 Å². The molecule has 15 heavy (non-hydrogen) atoms. The summed E-state index contributed by atoms with van der Waals surface area (Å²) in [7, 11) is 0. The molecule has 1 rings (SSSR count). The van der Waals surface area contributed by atoms with Gasteiger partial charge in [-0.3, -0.25) is 10.1 Å². The summed E-state index contributed by atoms with van der Waals surface area (Å²) in [6.07, 6.45) is 0.215. The maximum absolute atomic E-state index is 10.4. The summed E-state index contributed by atoms with van der Waals surface area (Å²) in [4.78, 5) is 9.95. The quantitative estimate of drug-likeness (QED) is 0.592. The van der Waals surface area contributed by atoms with E-state index in [1.165, 1.54) is 6.92 Å². The zero-order valence-corrected chi connectivity index (χ0v) is 8.67. The first-order valence-electron chi connectivity index (χ1n) is 4.96. The van der Waals surface area contributed by atoms with Gasteiger partial charge in [0.25, 0.3) is 0 Å². The molecule has 82 valence electrons. The van der Waals surface area contributed by atoms with E-state index < -0.39 is 17.1 Å². The van der Waals surface area contributed by atoms with Gasteiger partial charge in [-0.25, -0.2) is 0 Å². The van der Waals surface area contributed by atoms with Gasteiger partial charge < -0.3 is 5.11 Å². The molecule has 0 aromatic heterocycles. The van der Waals surface area contributed by atoms with Gasteiger partial charge in [-0.05, 0) is 18.4 Å². The lowest BCUT2D eigenvalue weighted by Gasteiger charge is -2.11. The molecule has 1 aromatic carbocycles. The first kappa shape index (κ1) is 11.7.